The van der Waals surface area contributed by atoms with Crippen molar-refractivity contribution in [3.8, 4) is 6.07 Å². The van der Waals surface area contributed by atoms with E-state index in [4.69, 9.17) is 14.7 Å². The predicted molar refractivity (Wildman–Crippen MR) is 49.2 cm³/mol. The van der Waals surface area contributed by atoms with Crippen molar-refractivity contribution in [3.05, 3.63) is 0 Å². The normalized spacial score (nSPS) is 20.5. The van der Waals surface area contributed by atoms with Gasteiger partial charge in [0.05, 0.1) is 36.9 Å². The van der Waals surface area contributed by atoms with Crippen LogP contribution >= 0.6 is 0 Å². The molecule has 0 saturated carbocycles. The highest BCUT2D eigenvalue weighted by Gasteiger charge is 2.39. The molecule has 0 radical (unpaired) electrons. The summed E-state index contributed by atoms with van der Waals surface area (Å²) in [5, 5.41) is 8.64. The van der Waals surface area contributed by atoms with E-state index in [1.807, 2.05) is 20.8 Å². The number of nitriles is 1. The Kier molecular flexibility index (Phi) is 2.94. The van der Waals surface area contributed by atoms with Gasteiger partial charge in [0.2, 0.25) is 0 Å². The number of nitrogens with zero attached hydrogens (tertiary/aromatic N) is 1. The minimum absolute atomic E-state index is 0.0258. The second-order valence-electron chi connectivity index (χ2n) is 4.73. The quantitative estimate of drug-likeness (QED) is 0.669. The summed E-state index contributed by atoms with van der Waals surface area (Å²) in [7, 11) is 0. The average Bonchev–Trinajstić information content (AvgIpc) is 1.92. The van der Waals surface area contributed by atoms with E-state index >= 15 is 0 Å². The van der Waals surface area contributed by atoms with Crippen molar-refractivity contribution in [1.82, 2.24) is 0 Å². The molecule has 74 valence electrons. The Morgan fingerprint density at radius 1 is 1.46 bits per heavy atom. The largest absolute Gasteiger partial charge is 0.380 e. The second-order valence-corrected chi connectivity index (χ2v) is 4.73. The number of hydrogen-bond donors (Lipinski definition) is 0. The molecule has 0 aromatic rings. The Bertz CT molecular complexity index is 208. The summed E-state index contributed by atoms with van der Waals surface area (Å²) in [5.74, 6) is 0. The van der Waals surface area contributed by atoms with E-state index in [9.17, 15) is 0 Å². The van der Waals surface area contributed by atoms with Crippen LogP contribution in [0.5, 0.6) is 0 Å². The van der Waals surface area contributed by atoms with E-state index in [0.29, 0.717) is 26.2 Å². The molecule has 3 nitrogen and oxygen atoms in total. The maximum Gasteiger partial charge on any atom is 0.0630 e. The predicted octanol–water partition coefficient (Wildman–Crippen LogP) is 1.73. The third kappa shape index (κ3) is 2.98. The van der Waals surface area contributed by atoms with E-state index in [2.05, 4.69) is 6.07 Å². The monoisotopic (exact) mass is 183 g/mol. The van der Waals surface area contributed by atoms with Gasteiger partial charge in [-0.2, -0.15) is 5.26 Å². The zero-order valence-electron chi connectivity index (χ0n) is 8.59. The molecule has 1 aliphatic heterocycles. The maximum atomic E-state index is 8.64. The van der Waals surface area contributed by atoms with Crippen LogP contribution in [-0.4, -0.2) is 25.4 Å². The molecule has 0 aliphatic carbocycles. The first-order valence-corrected chi connectivity index (χ1v) is 4.56. The summed E-state index contributed by atoms with van der Waals surface area (Å²) in [6.07, 6.45) is 0.531. The van der Waals surface area contributed by atoms with Crippen LogP contribution in [0.1, 0.15) is 27.2 Å². The highest BCUT2D eigenvalue weighted by Crippen LogP contribution is 2.32. The van der Waals surface area contributed by atoms with Gasteiger partial charge in [0.25, 0.3) is 0 Å². The smallest absolute Gasteiger partial charge is 0.0630 e. The van der Waals surface area contributed by atoms with Gasteiger partial charge in [0.15, 0.2) is 0 Å². The summed E-state index contributed by atoms with van der Waals surface area (Å²) in [4.78, 5) is 0. The standard InChI is InChI=1S/C10H17NO2/c1-9(2,3)13-8-10(4-5-11)6-12-7-10/h4,6-8H2,1-3H3. The van der Waals surface area contributed by atoms with Gasteiger partial charge >= 0.3 is 0 Å². The lowest BCUT2D eigenvalue weighted by atomic mass is 9.84. The van der Waals surface area contributed by atoms with Crippen molar-refractivity contribution < 1.29 is 9.47 Å². The van der Waals surface area contributed by atoms with Crippen molar-refractivity contribution >= 4 is 0 Å². The molecule has 1 aliphatic rings. The fourth-order valence-corrected chi connectivity index (χ4v) is 1.16. The maximum absolute atomic E-state index is 8.64. The van der Waals surface area contributed by atoms with Crippen LogP contribution in [0, 0.1) is 16.7 Å². The van der Waals surface area contributed by atoms with Crippen LogP contribution in [0.4, 0.5) is 0 Å². The van der Waals surface area contributed by atoms with Gasteiger partial charge in [-0.05, 0) is 20.8 Å². The van der Waals surface area contributed by atoms with Crippen molar-refractivity contribution in [2.24, 2.45) is 5.41 Å². The van der Waals surface area contributed by atoms with Gasteiger partial charge in [0.1, 0.15) is 0 Å². The highest BCUT2D eigenvalue weighted by molar-refractivity contribution is 4.93. The molecular weight excluding hydrogens is 166 g/mol. The van der Waals surface area contributed by atoms with Gasteiger partial charge in [-0.15, -0.1) is 0 Å². The van der Waals surface area contributed by atoms with Gasteiger partial charge in [0, 0.05) is 6.42 Å². The van der Waals surface area contributed by atoms with Crippen LogP contribution in [-0.2, 0) is 9.47 Å². The van der Waals surface area contributed by atoms with Crippen LogP contribution in [0.3, 0.4) is 0 Å². The van der Waals surface area contributed by atoms with Crippen molar-refractivity contribution in [3.63, 3.8) is 0 Å². The van der Waals surface area contributed by atoms with E-state index in [-0.39, 0.29) is 11.0 Å². The lowest BCUT2D eigenvalue weighted by Gasteiger charge is -2.41. The lowest BCUT2D eigenvalue weighted by Crippen LogP contribution is -2.47. The first kappa shape index (κ1) is 10.5. The van der Waals surface area contributed by atoms with E-state index in [0.717, 1.165) is 0 Å². The SMILES string of the molecule is CC(C)(C)OCC1(CC#N)COC1. The average molecular weight is 183 g/mol. The van der Waals surface area contributed by atoms with Gasteiger partial charge in [-0.25, -0.2) is 0 Å². The fraction of sp³-hybridized carbons (Fsp3) is 0.900. The van der Waals surface area contributed by atoms with Crippen molar-refractivity contribution in [2.75, 3.05) is 19.8 Å². The Hall–Kier alpha value is -0.590. The molecule has 0 aromatic carbocycles. The van der Waals surface area contributed by atoms with E-state index < -0.39 is 0 Å². The summed E-state index contributed by atoms with van der Waals surface area (Å²) in [6.45, 7) is 8.02. The molecule has 1 fully saturated rings. The molecule has 0 unspecified atom stereocenters. The Balaban J connectivity index is 2.37. The molecule has 0 amide bonds. The minimum Gasteiger partial charge on any atom is -0.380 e. The van der Waals surface area contributed by atoms with Crippen LogP contribution in [0.2, 0.25) is 0 Å². The zero-order chi connectivity index (χ0) is 9.95. The second kappa shape index (κ2) is 3.65. The van der Waals surface area contributed by atoms with Crippen molar-refractivity contribution in [1.29, 1.82) is 5.26 Å². The topological polar surface area (TPSA) is 42.2 Å². The molecule has 3 heteroatoms. The van der Waals surface area contributed by atoms with E-state index in [1.54, 1.807) is 0 Å². The van der Waals surface area contributed by atoms with E-state index in [1.165, 1.54) is 0 Å². The van der Waals surface area contributed by atoms with Gasteiger partial charge in [-0.3, -0.25) is 0 Å². The molecule has 13 heavy (non-hydrogen) atoms. The summed E-state index contributed by atoms with van der Waals surface area (Å²) >= 11 is 0. The van der Waals surface area contributed by atoms with Gasteiger partial charge < -0.3 is 9.47 Å². The lowest BCUT2D eigenvalue weighted by molar-refractivity contribution is -0.167. The first-order chi connectivity index (χ1) is 5.97. The Labute approximate surface area is 79.6 Å². The van der Waals surface area contributed by atoms with Crippen LogP contribution < -0.4 is 0 Å². The molecule has 0 N–H and O–H groups in total. The van der Waals surface area contributed by atoms with Crippen molar-refractivity contribution in [2.45, 2.75) is 32.8 Å². The van der Waals surface area contributed by atoms with Crippen LogP contribution in [0.25, 0.3) is 0 Å². The third-order valence-corrected chi connectivity index (χ3v) is 2.08. The zero-order valence-corrected chi connectivity index (χ0v) is 8.59. The third-order valence-electron chi connectivity index (χ3n) is 2.08. The molecule has 1 rings (SSSR count). The molecule has 1 heterocycles. The molecule has 0 bridgehead atoms. The number of hydrogen-bond acceptors (Lipinski definition) is 3. The summed E-state index contributed by atoms with van der Waals surface area (Å²) in [5.41, 5.74) is -0.153. The molecule has 1 saturated heterocycles. The summed E-state index contributed by atoms with van der Waals surface area (Å²) < 4.78 is 10.8. The Morgan fingerprint density at radius 3 is 2.38 bits per heavy atom. The molecule has 0 aromatic heterocycles. The molecule has 0 atom stereocenters. The fourth-order valence-electron chi connectivity index (χ4n) is 1.16. The summed E-state index contributed by atoms with van der Waals surface area (Å²) in [6, 6.07) is 2.19. The molecular formula is C10H17NO2. The number of rotatable bonds is 3. The highest BCUT2D eigenvalue weighted by atomic mass is 16.5. The number of ether oxygens (including phenoxy) is 2. The molecule has 0 spiro atoms. The minimum atomic E-state index is -0.127. The van der Waals surface area contributed by atoms with Gasteiger partial charge in [-0.1, -0.05) is 0 Å². The first-order valence-electron chi connectivity index (χ1n) is 4.56. The Morgan fingerprint density at radius 2 is 2.08 bits per heavy atom. The van der Waals surface area contributed by atoms with Crippen LogP contribution in [0.15, 0.2) is 0 Å².